The maximum Gasteiger partial charge on any atom is 0.143 e. The number of hydrogen-bond donors (Lipinski definition) is 0. The van der Waals surface area contributed by atoms with E-state index >= 15 is 0 Å². The van der Waals surface area contributed by atoms with E-state index in [2.05, 4.69) is 280 Å². The normalized spacial score (nSPS) is 13.9. The van der Waals surface area contributed by atoms with Crippen molar-refractivity contribution in [2.24, 2.45) is 0 Å². The van der Waals surface area contributed by atoms with Crippen LogP contribution in [-0.2, 0) is 10.8 Å². The molecule has 12 aromatic carbocycles. The van der Waals surface area contributed by atoms with Gasteiger partial charge in [0.05, 0.1) is 5.41 Å². The van der Waals surface area contributed by atoms with Gasteiger partial charge < -0.3 is 9.32 Å². The van der Waals surface area contributed by atoms with Gasteiger partial charge >= 0.3 is 0 Å². The third-order valence-electron chi connectivity index (χ3n) is 17.3. The molecule has 0 radical (unpaired) electrons. The van der Waals surface area contributed by atoms with E-state index in [1.165, 1.54) is 77.9 Å². The van der Waals surface area contributed by atoms with Gasteiger partial charge in [0.25, 0.3) is 0 Å². The van der Waals surface area contributed by atoms with Crippen LogP contribution in [0.3, 0.4) is 0 Å². The molecule has 0 aliphatic heterocycles. The van der Waals surface area contributed by atoms with Crippen molar-refractivity contribution in [3.63, 3.8) is 0 Å². The van der Waals surface area contributed by atoms with Crippen molar-refractivity contribution in [1.82, 2.24) is 0 Å². The summed E-state index contributed by atoms with van der Waals surface area (Å²) in [5, 5.41) is 4.50. The van der Waals surface area contributed by atoms with Crippen LogP contribution < -0.4 is 4.90 Å². The lowest BCUT2D eigenvalue weighted by Gasteiger charge is -2.32. The van der Waals surface area contributed by atoms with Gasteiger partial charge in [-0.1, -0.05) is 226 Å². The molecule has 13 aromatic rings. The Hall–Kier alpha value is -9.50. The number of anilines is 3. The van der Waals surface area contributed by atoms with Crippen molar-refractivity contribution in [1.29, 1.82) is 0 Å². The van der Waals surface area contributed by atoms with E-state index in [0.29, 0.717) is 0 Å². The number of benzene rings is 12. The lowest BCUT2D eigenvalue weighted by Crippen LogP contribution is -2.26. The molecule has 0 amide bonds. The Labute approximate surface area is 442 Å². The summed E-state index contributed by atoms with van der Waals surface area (Å²) < 4.78 is 7.19. The number of fused-ring (bicyclic) bond motifs is 18. The second kappa shape index (κ2) is 16.0. The molecular formula is C74H49NO. The second-order valence-electron chi connectivity index (χ2n) is 21.5. The van der Waals surface area contributed by atoms with Gasteiger partial charge in [0.1, 0.15) is 11.2 Å². The van der Waals surface area contributed by atoms with Crippen LogP contribution in [0.15, 0.2) is 265 Å². The van der Waals surface area contributed by atoms with Crippen LogP contribution in [0.25, 0.3) is 99.5 Å². The molecule has 0 saturated heterocycles. The molecule has 0 unspecified atom stereocenters. The Morgan fingerprint density at radius 1 is 0.289 bits per heavy atom. The lowest BCUT2D eigenvalue weighted by atomic mass is 9.70. The van der Waals surface area contributed by atoms with Crippen molar-refractivity contribution in [3.05, 3.63) is 294 Å². The van der Waals surface area contributed by atoms with E-state index < -0.39 is 5.41 Å². The minimum Gasteiger partial charge on any atom is -0.455 e. The van der Waals surface area contributed by atoms with Crippen LogP contribution in [0.1, 0.15) is 47.2 Å². The molecule has 0 N–H and O–H groups in total. The van der Waals surface area contributed by atoms with E-state index in [-0.39, 0.29) is 5.41 Å². The molecule has 0 fully saturated rings. The van der Waals surface area contributed by atoms with Crippen LogP contribution in [-0.4, -0.2) is 0 Å². The minimum absolute atomic E-state index is 0.186. The molecule has 3 aliphatic carbocycles. The Morgan fingerprint density at radius 2 is 0.763 bits per heavy atom. The van der Waals surface area contributed by atoms with Gasteiger partial charge in [0, 0.05) is 44.2 Å². The summed E-state index contributed by atoms with van der Waals surface area (Å²) in [7, 11) is 0. The number of furan rings is 1. The summed E-state index contributed by atoms with van der Waals surface area (Å²) in [6, 6.07) is 97.0. The first-order valence-corrected chi connectivity index (χ1v) is 26.6. The maximum absolute atomic E-state index is 7.19. The van der Waals surface area contributed by atoms with Crippen molar-refractivity contribution in [3.8, 4) is 66.8 Å². The highest BCUT2D eigenvalue weighted by molar-refractivity contribution is 6.19. The first-order valence-electron chi connectivity index (χ1n) is 26.6. The van der Waals surface area contributed by atoms with Gasteiger partial charge in [-0.3, -0.25) is 0 Å². The maximum atomic E-state index is 7.19. The molecule has 0 saturated carbocycles. The van der Waals surface area contributed by atoms with Crippen molar-refractivity contribution < 1.29 is 4.42 Å². The largest absolute Gasteiger partial charge is 0.455 e. The minimum atomic E-state index is -0.484. The van der Waals surface area contributed by atoms with Crippen LogP contribution in [0, 0.1) is 0 Å². The Morgan fingerprint density at radius 3 is 1.45 bits per heavy atom. The van der Waals surface area contributed by atoms with E-state index in [4.69, 9.17) is 4.42 Å². The number of nitrogens with zero attached hydrogens (tertiary/aromatic N) is 1. The molecule has 3 aliphatic rings. The molecule has 16 rings (SSSR count). The first-order chi connectivity index (χ1) is 37.4. The van der Waals surface area contributed by atoms with Crippen LogP contribution >= 0.6 is 0 Å². The zero-order valence-electron chi connectivity index (χ0n) is 42.2. The van der Waals surface area contributed by atoms with E-state index in [1.54, 1.807) is 0 Å². The van der Waals surface area contributed by atoms with E-state index in [1.807, 2.05) is 0 Å². The molecule has 1 spiro atoms. The zero-order valence-corrected chi connectivity index (χ0v) is 42.2. The van der Waals surface area contributed by atoms with Gasteiger partial charge in [0.15, 0.2) is 0 Å². The molecule has 76 heavy (non-hydrogen) atoms. The average molecular weight is 968 g/mol. The summed E-state index contributed by atoms with van der Waals surface area (Å²) >= 11 is 0. The quantitative estimate of drug-likeness (QED) is 0.165. The zero-order chi connectivity index (χ0) is 50.3. The van der Waals surface area contributed by atoms with Gasteiger partial charge in [-0.05, 0) is 148 Å². The van der Waals surface area contributed by atoms with Crippen LogP contribution in [0.5, 0.6) is 0 Å². The lowest BCUT2D eigenvalue weighted by molar-refractivity contribution is 0.660. The van der Waals surface area contributed by atoms with E-state index in [9.17, 15) is 0 Å². The molecule has 0 bridgehead atoms. The summed E-state index contributed by atoms with van der Waals surface area (Å²) in [6.07, 6.45) is 0. The third kappa shape index (κ3) is 5.93. The van der Waals surface area contributed by atoms with Crippen LogP contribution in [0.2, 0.25) is 0 Å². The topological polar surface area (TPSA) is 16.4 Å². The molecule has 0 atom stereocenters. The Bertz CT molecular complexity index is 4490. The molecule has 356 valence electrons. The molecule has 1 heterocycles. The first kappa shape index (κ1) is 43.0. The highest BCUT2D eigenvalue weighted by atomic mass is 16.3. The Kier molecular flexibility index (Phi) is 9.04. The summed E-state index contributed by atoms with van der Waals surface area (Å²) in [4.78, 5) is 2.51. The highest BCUT2D eigenvalue weighted by Crippen LogP contribution is 2.63. The van der Waals surface area contributed by atoms with Gasteiger partial charge in [0.2, 0.25) is 0 Å². The van der Waals surface area contributed by atoms with Gasteiger partial charge in [-0.15, -0.1) is 0 Å². The van der Waals surface area contributed by atoms with Crippen LogP contribution in [0.4, 0.5) is 17.1 Å². The summed E-state index contributed by atoms with van der Waals surface area (Å²) in [5.41, 5.74) is 27.0. The summed E-state index contributed by atoms with van der Waals surface area (Å²) in [6.45, 7) is 4.76. The number of rotatable bonds is 6. The smallest absolute Gasteiger partial charge is 0.143 e. The number of hydrogen-bond acceptors (Lipinski definition) is 2. The fraction of sp³-hybridized carbons (Fsp3) is 0.0541. The van der Waals surface area contributed by atoms with Crippen molar-refractivity contribution >= 4 is 49.8 Å². The third-order valence-corrected chi connectivity index (χ3v) is 17.3. The molecule has 1 aromatic heterocycles. The predicted molar refractivity (Wildman–Crippen MR) is 316 cm³/mol. The predicted octanol–water partition coefficient (Wildman–Crippen LogP) is 19.9. The SMILES string of the molecule is CC1(C)c2ccccc2-c2ccc(N(c3cccc(-c4ccc5c(oc6c7ccccc7ccc56)c4-c4ccc(-c5ccccc5)cc4)c3)c3ccc4c(c3)C3(c5ccccc5-c5ccccc53)c3ccccc3-4)cc21. The fourth-order valence-electron chi connectivity index (χ4n) is 13.9. The second-order valence-corrected chi connectivity index (χ2v) is 21.5. The molecular weight excluding hydrogens is 919 g/mol. The Balaban J connectivity index is 0.931. The van der Waals surface area contributed by atoms with Gasteiger partial charge in [-0.2, -0.15) is 0 Å². The molecule has 2 nitrogen and oxygen atoms in total. The monoisotopic (exact) mass is 967 g/mol. The van der Waals surface area contributed by atoms with Gasteiger partial charge in [-0.25, -0.2) is 0 Å². The standard InChI is InChI=1S/C74H49NO/c1-73(2)64-27-12-8-23-56(64)60-39-36-52(44-68(60)73)75(53-37-40-61-59-26-11-15-30-67(59)74(69(61)45-53)65-28-13-9-24-57(65)58-25-10-14-29-66(58)74)51-21-16-20-50(43-51)54-41-42-63-62-38-35-48-19-6-7-22-55(48)71(62)76-72(63)70(54)49-33-31-47(32-34-49)46-17-4-3-5-18-46/h3-45H,1-2H3. The van der Waals surface area contributed by atoms with E-state index in [0.717, 1.165) is 72.0 Å². The average Bonchev–Trinajstić information content (AvgIpc) is 4.38. The highest BCUT2D eigenvalue weighted by Gasteiger charge is 2.51. The van der Waals surface area contributed by atoms with Crippen molar-refractivity contribution in [2.45, 2.75) is 24.7 Å². The van der Waals surface area contributed by atoms with Crippen molar-refractivity contribution in [2.75, 3.05) is 4.90 Å². The fourth-order valence-corrected chi connectivity index (χ4v) is 13.9. The summed E-state index contributed by atoms with van der Waals surface area (Å²) in [5.74, 6) is 0. The molecule has 2 heteroatoms.